The van der Waals surface area contributed by atoms with Gasteiger partial charge in [-0.1, -0.05) is 12.1 Å². The van der Waals surface area contributed by atoms with Gasteiger partial charge >= 0.3 is 0 Å². The van der Waals surface area contributed by atoms with Gasteiger partial charge in [0.1, 0.15) is 0 Å². The predicted octanol–water partition coefficient (Wildman–Crippen LogP) is 2.15. The lowest BCUT2D eigenvalue weighted by Crippen LogP contribution is -2.21. The molecule has 16 heavy (non-hydrogen) atoms. The second-order valence-corrected chi connectivity index (χ2v) is 4.68. The van der Waals surface area contributed by atoms with Crippen LogP contribution in [0.4, 0.5) is 0 Å². The third kappa shape index (κ3) is 5.54. The van der Waals surface area contributed by atoms with Crippen molar-refractivity contribution in [1.82, 2.24) is 10.6 Å². The summed E-state index contributed by atoms with van der Waals surface area (Å²) in [4.78, 5) is 1.34. The molecule has 0 spiro atoms. The number of nitrogens with one attached hydrogen (secondary N) is 2. The van der Waals surface area contributed by atoms with Gasteiger partial charge < -0.3 is 10.6 Å². The third-order valence-electron chi connectivity index (χ3n) is 2.53. The standard InChI is InChI=1S/C13H22N2S/c1-14-9-3-10-15-11-8-12-4-6-13(16-2)7-5-12/h4-7,14-15H,3,8-11H2,1-2H3. The third-order valence-corrected chi connectivity index (χ3v) is 3.27. The van der Waals surface area contributed by atoms with Crippen molar-refractivity contribution in [2.45, 2.75) is 17.7 Å². The summed E-state index contributed by atoms with van der Waals surface area (Å²) in [5, 5.41) is 6.60. The first-order chi connectivity index (χ1) is 7.86. The molecule has 0 aliphatic heterocycles. The van der Waals surface area contributed by atoms with Crippen LogP contribution in [-0.2, 0) is 6.42 Å². The second kappa shape index (κ2) is 8.62. The molecule has 0 radical (unpaired) electrons. The van der Waals surface area contributed by atoms with Crippen LogP contribution < -0.4 is 10.6 Å². The zero-order valence-electron chi connectivity index (χ0n) is 10.3. The van der Waals surface area contributed by atoms with Gasteiger partial charge in [0.05, 0.1) is 0 Å². The van der Waals surface area contributed by atoms with Crippen LogP contribution in [0.1, 0.15) is 12.0 Å². The lowest BCUT2D eigenvalue weighted by molar-refractivity contribution is 0.625. The van der Waals surface area contributed by atoms with Gasteiger partial charge in [-0.3, -0.25) is 0 Å². The summed E-state index contributed by atoms with van der Waals surface area (Å²) >= 11 is 1.79. The van der Waals surface area contributed by atoms with E-state index in [1.54, 1.807) is 11.8 Å². The fourth-order valence-corrected chi connectivity index (χ4v) is 1.95. The predicted molar refractivity (Wildman–Crippen MR) is 73.3 cm³/mol. The SMILES string of the molecule is CNCCCNCCc1ccc(SC)cc1. The summed E-state index contributed by atoms with van der Waals surface area (Å²) in [5.41, 5.74) is 1.42. The van der Waals surface area contributed by atoms with Gasteiger partial charge in [-0.15, -0.1) is 11.8 Å². The Balaban J connectivity index is 2.12. The van der Waals surface area contributed by atoms with E-state index in [-0.39, 0.29) is 0 Å². The molecule has 0 aliphatic rings. The molecule has 0 aromatic heterocycles. The quantitative estimate of drug-likeness (QED) is 0.536. The molecule has 1 aromatic rings. The number of rotatable bonds is 8. The largest absolute Gasteiger partial charge is 0.320 e. The van der Waals surface area contributed by atoms with Crippen LogP contribution in [0, 0.1) is 0 Å². The van der Waals surface area contributed by atoms with Gasteiger partial charge in [0, 0.05) is 4.90 Å². The van der Waals surface area contributed by atoms with Crippen molar-refractivity contribution >= 4 is 11.8 Å². The summed E-state index contributed by atoms with van der Waals surface area (Å²) in [6.45, 7) is 3.27. The Morgan fingerprint density at radius 3 is 2.44 bits per heavy atom. The molecule has 1 rings (SSSR count). The molecule has 90 valence electrons. The first-order valence-corrected chi connectivity index (χ1v) is 7.07. The van der Waals surface area contributed by atoms with Gasteiger partial charge in [0.2, 0.25) is 0 Å². The van der Waals surface area contributed by atoms with Crippen LogP contribution in [0.2, 0.25) is 0 Å². The van der Waals surface area contributed by atoms with Crippen molar-refractivity contribution in [2.24, 2.45) is 0 Å². The monoisotopic (exact) mass is 238 g/mol. The van der Waals surface area contributed by atoms with E-state index in [2.05, 4.69) is 41.2 Å². The highest BCUT2D eigenvalue weighted by atomic mass is 32.2. The zero-order valence-corrected chi connectivity index (χ0v) is 11.1. The molecular weight excluding hydrogens is 216 g/mol. The molecule has 0 bridgehead atoms. The van der Waals surface area contributed by atoms with Crippen molar-refractivity contribution in [3.8, 4) is 0 Å². The maximum atomic E-state index is 3.45. The van der Waals surface area contributed by atoms with Crippen LogP contribution in [-0.4, -0.2) is 32.9 Å². The lowest BCUT2D eigenvalue weighted by atomic mass is 10.1. The maximum absolute atomic E-state index is 3.45. The van der Waals surface area contributed by atoms with E-state index >= 15 is 0 Å². The van der Waals surface area contributed by atoms with E-state index in [0.717, 1.165) is 26.1 Å². The average Bonchev–Trinajstić information content (AvgIpc) is 2.34. The summed E-state index contributed by atoms with van der Waals surface area (Å²) in [6, 6.07) is 8.84. The molecule has 1 aromatic carbocycles. The minimum Gasteiger partial charge on any atom is -0.320 e. The number of thioether (sulfide) groups is 1. The van der Waals surface area contributed by atoms with E-state index in [4.69, 9.17) is 0 Å². The number of benzene rings is 1. The minimum absolute atomic E-state index is 1.07. The van der Waals surface area contributed by atoms with E-state index in [9.17, 15) is 0 Å². The van der Waals surface area contributed by atoms with Crippen LogP contribution in [0.15, 0.2) is 29.2 Å². The summed E-state index contributed by atoms with van der Waals surface area (Å²) in [5.74, 6) is 0. The molecule has 2 nitrogen and oxygen atoms in total. The smallest absolute Gasteiger partial charge is 0.00693 e. The van der Waals surface area contributed by atoms with Crippen molar-refractivity contribution in [2.75, 3.05) is 32.9 Å². The highest BCUT2D eigenvalue weighted by Gasteiger charge is 1.94. The summed E-state index contributed by atoms with van der Waals surface area (Å²) < 4.78 is 0. The normalized spacial score (nSPS) is 10.6. The molecule has 0 amide bonds. The Bertz CT molecular complexity index is 272. The van der Waals surface area contributed by atoms with Crippen LogP contribution >= 0.6 is 11.8 Å². The van der Waals surface area contributed by atoms with Crippen LogP contribution in [0.3, 0.4) is 0 Å². The molecule has 0 heterocycles. The Kier molecular flexibility index (Phi) is 7.30. The van der Waals surface area contributed by atoms with Crippen molar-refractivity contribution in [1.29, 1.82) is 0 Å². The van der Waals surface area contributed by atoms with Gasteiger partial charge in [-0.25, -0.2) is 0 Å². The van der Waals surface area contributed by atoms with Crippen LogP contribution in [0.5, 0.6) is 0 Å². The van der Waals surface area contributed by atoms with Gasteiger partial charge in [-0.2, -0.15) is 0 Å². The highest BCUT2D eigenvalue weighted by molar-refractivity contribution is 7.98. The molecule has 0 saturated heterocycles. The van der Waals surface area contributed by atoms with Crippen LogP contribution in [0.25, 0.3) is 0 Å². The van der Waals surface area contributed by atoms with Crippen molar-refractivity contribution in [3.63, 3.8) is 0 Å². The zero-order chi connectivity index (χ0) is 11.6. The molecule has 3 heteroatoms. The Morgan fingerprint density at radius 2 is 1.81 bits per heavy atom. The van der Waals surface area contributed by atoms with E-state index < -0.39 is 0 Å². The summed E-state index contributed by atoms with van der Waals surface area (Å²) in [7, 11) is 1.99. The molecule has 0 atom stereocenters. The second-order valence-electron chi connectivity index (χ2n) is 3.81. The average molecular weight is 238 g/mol. The Hall–Kier alpha value is -0.510. The molecule has 0 aliphatic carbocycles. The first-order valence-electron chi connectivity index (χ1n) is 5.85. The van der Waals surface area contributed by atoms with Gasteiger partial charge in [0.25, 0.3) is 0 Å². The van der Waals surface area contributed by atoms with Crippen molar-refractivity contribution < 1.29 is 0 Å². The molecule has 0 unspecified atom stereocenters. The number of hydrogen-bond acceptors (Lipinski definition) is 3. The number of hydrogen-bond donors (Lipinski definition) is 2. The Labute approximate surface area is 103 Å². The van der Waals surface area contributed by atoms with Gasteiger partial charge in [0.15, 0.2) is 0 Å². The highest BCUT2D eigenvalue weighted by Crippen LogP contribution is 2.14. The summed E-state index contributed by atoms with van der Waals surface area (Å²) in [6.07, 6.45) is 4.43. The van der Waals surface area contributed by atoms with E-state index in [1.807, 2.05) is 7.05 Å². The lowest BCUT2D eigenvalue weighted by Gasteiger charge is -2.05. The van der Waals surface area contributed by atoms with E-state index in [0.29, 0.717) is 0 Å². The first kappa shape index (κ1) is 13.6. The van der Waals surface area contributed by atoms with Crippen molar-refractivity contribution in [3.05, 3.63) is 29.8 Å². The fraction of sp³-hybridized carbons (Fsp3) is 0.538. The molecule has 2 N–H and O–H groups in total. The topological polar surface area (TPSA) is 24.1 Å². The Morgan fingerprint density at radius 1 is 1.06 bits per heavy atom. The van der Waals surface area contributed by atoms with Gasteiger partial charge in [-0.05, 0) is 63.5 Å². The molecular formula is C13H22N2S. The maximum Gasteiger partial charge on any atom is 0.00693 e. The molecule has 0 saturated carbocycles. The van der Waals surface area contributed by atoms with E-state index in [1.165, 1.54) is 16.9 Å². The minimum atomic E-state index is 1.07. The fourth-order valence-electron chi connectivity index (χ4n) is 1.54. The molecule has 0 fully saturated rings.